The van der Waals surface area contributed by atoms with Crippen LogP contribution in [0.5, 0.6) is 0 Å². The number of rotatable bonds is 6. The third-order valence-electron chi connectivity index (χ3n) is 2.64. The molecule has 0 atom stereocenters. The monoisotopic (exact) mass is 262 g/mol. The highest BCUT2D eigenvalue weighted by molar-refractivity contribution is 5.94. The molecule has 100 valence electrons. The van der Waals surface area contributed by atoms with Crippen LogP contribution < -0.4 is 5.32 Å². The van der Waals surface area contributed by atoms with Crippen LogP contribution in [-0.2, 0) is 0 Å². The molecule has 0 unspecified atom stereocenters. The molecule has 2 N–H and O–H groups in total. The standard InChI is InChI=1S/C13H14N2O4/c16-10(6-3-4-8-14-13(17)18)12-15-9-5-1-2-7-11(9)19-12/h1-2,5,7,14H,3-4,6,8H2,(H,17,18). The number of unbranched alkanes of at least 4 members (excludes halogenated alkanes) is 1. The molecule has 0 aliphatic heterocycles. The van der Waals surface area contributed by atoms with Gasteiger partial charge >= 0.3 is 6.09 Å². The quantitative estimate of drug-likeness (QED) is 0.616. The third kappa shape index (κ3) is 3.54. The van der Waals surface area contributed by atoms with Crippen molar-refractivity contribution < 1.29 is 19.1 Å². The first-order chi connectivity index (χ1) is 9.16. The summed E-state index contributed by atoms with van der Waals surface area (Å²) in [6.45, 7) is 0.343. The Hall–Kier alpha value is -2.37. The maximum atomic E-state index is 11.8. The number of nitrogens with zero attached hydrogens (tertiary/aromatic N) is 1. The number of fused-ring (bicyclic) bond motifs is 1. The van der Waals surface area contributed by atoms with E-state index < -0.39 is 6.09 Å². The molecule has 6 heteroatoms. The Bertz CT molecular complexity index is 558. The number of carbonyl (C=O) groups excluding carboxylic acids is 1. The molecule has 2 rings (SSSR count). The second-order valence-electron chi connectivity index (χ2n) is 4.10. The molecule has 1 aromatic carbocycles. The van der Waals surface area contributed by atoms with Crippen molar-refractivity contribution in [3.8, 4) is 0 Å². The molecule has 1 aromatic heterocycles. The van der Waals surface area contributed by atoms with E-state index in [0.29, 0.717) is 36.9 Å². The summed E-state index contributed by atoms with van der Waals surface area (Å²) >= 11 is 0. The topological polar surface area (TPSA) is 92.4 Å². The lowest BCUT2D eigenvalue weighted by Gasteiger charge is -1.99. The summed E-state index contributed by atoms with van der Waals surface area (Å²) in [6, 6.07) is 7.19. The zero-order valence-electron chi connectivity index (χ0n) is 10.3. The van der Waals surface area contributed by atoms with E-state index in [1.165, 1.54) is 0 Å². The Morgan fingerprint density at radius 2 is 2.05 bits per heavy atom. The molecule has 0 fully saturated rings. The molecule has 1 heterocycles. The van der Waals surface area contributed by atoms with Crippen molar-refractivity contribution in [2.45, 2.75) is 19.3 Å². The minimum absolute atomic E-state index is 0.118. The molecule has 1 amide bonds. The lowest BCUT2D eigenvalue weighted by Crippen LogP contribution is -2.21. The van der Waals surface area contributed by atoms with Crippen molar-refractivity contribution in [3.63, 3.8) is 0 Å². The van der Waals surface area contributed by atoms with Gasteiger partial charge in [0, 0.05) is 13.0 Å². The minimum Gasteiger partial charge on any atom is -0.465 e. The van der Waals surface area contributed by atoms with Crippen LogP contribution in [-0.4, -0.2) is 28.5 Å². The zero-order chi connectivity index (χ0) is 13.7. The number of carbonyl (C=O) groups is 2. The Balaban J connectivity index is 1.84. The first-order valence-electron chi connectivity index (χ1n) is 6.02. The van der Waals surface area contributed by atoms with Crippen molar-refractivity contribution in [1.82, 2.24) is 10.3 Å². The van der Waals surface area contributed by atoms with Gasteiger partial charge in [0.2, 0.25) is 5.78 Å². The van der Waals surface area contributed by atoms with E-state index in [-0.39, 0.29) is 11.7 Å². The molecule has 0 aliphatic rings. The number of carboxylic acid groups (broad SMARTS) is 1. The van der Waals surface area contributed by atoms with Crippen LogP contribution in [0.4, 0.5) is 4.79 Å². The molecular formula is C13H14N2O4. The molecule has 2 aromatic rings. The maximum Gasteiger partial charge on any atom is 0.404 e. The van der Waals surface area contributed by atoms with Gasteiger partial charge in [-0.2, -0.15) is 0 Å². The fraction of sp³-hybridized carbons (Fsp3) is 0.308. The average molecular weight is 262 g/mol. The maximum absolute atomic E-state index is 11.8. The van der Waals surface area contributed by atoms with Crippen LogP contribution in [0.2, 0.25) is 0 Å². The lowest BCUT2D eigenvalue weighted by atomic mass is 10.2. The summed E-state index contributed by atoms with van der Waals surface area (Å²) in [7, 11) is 0. The second-order valence-corrected chi connectivity index (χ2v) is 4.10. The summed E-state index contributed by atoms with van der Waals surface area (Å²) < 4.78 is 5.35. The van der Waals surface area contributed by atoms with E-state index >= 15 is 0 Å². The molecule has 6 nitrogen and oxygen atoms in total. The first-order valence-corrected chi connectivity index (χ1v) is 6.02. The smallest absolute Gasteiger partial charge is 0.404 e. The zero-order valence-corrected chi connectivity index (χ0v) is 10.3. The molecular weight excluding hydrogens is 248 g/mol. The molecule has 0 saturated heterocycles. The predicted octanol–water partition coefficient (Wildman–Crippen LogP) is 2.45. The third-order valence-corrected chi connectivity index (χ3v) is 2.64. The van der Waals surface area contributed by atoms with Crippen molar-refractivity contribution in [3.05, 3.63) is 30.2 Å². The van der Waals surface area contributed by atoms with Crippen LogP contribution in [0, 0.1) is 0 Å². The van der Waals surface area contributed by atoms with Gasteiger partial charge in [0.15, 0.2) is 5.58 Å². The number of oxazole rings is 1. The largest absolute Gasteiger partial charge is 0.465 e. The summed E-state index contributed by atoms with van der Waals surface area (Å²) in [4.78, 5) is 26.1. The minimum atomic E-state index is -1.05. The Labute approximate surface area is 109 Å². The van der Waals surface area contributed by atoms with Crippen LogP contribution in [0.1, 0.15) is 29.9 Å². The Morgan fingerprint density at radius 3 is 2.79 bits per heavy atom. The molecule has 0 bridgehead atoms. The Morgan fingerprint density at radius 1 is 1.26 bits per heavy atom. The van der Waals surface area contributed by atoms with E-state index in [1.807, 2.05) is 12.1 Å². The van der Waals surface area contributed by atoms with Crippen molar-refractivity contribution in [1.29, 1.82) is 0 Å². The van der Waals surface area contributed by atoms with Gasteiger partial charge in [-0.25, -0.2) is 9.78 Å². The molecule has 0 spiro atoms. The highest BCUT2D eigenvalue weighted by Crippen LogP contribution is 2.16. The molecule has 0 saturated carbocycles. The summed E-state index contributed by atoms with van der Waals surface area (Å²) in [6.07, 6.45) is 0.454. The van der Waals surface area contributed by atoms with Crippen molar-refractivity contribution >= 4 is 23.0 Å². The fourth-order valence-electron chi connectivity index (χ4n) is 1.70. The van der Waals surface area contributed by atoms with Gasteiger partial charge in [0.25, 0.3) is 5.89 Å². The Kier molecular flexibility index (Phi) is 4.12. The van der Waals surface area contributed by atoms with E-state index in [2.05, 4.69) is 10.3 Å². The average Bonchev–Trinajstić information content (AvgIpc) is 2.81. The van der Waals surface area contributed by atoms with Gasteiger partial charge in [0.05, 0.1) is 0 Å². The highest BCUT2D eigenvalue weighted by atomic mass is 16.4. The van der Waals surface area contributed by atoms with E-state index in [1.54, 1.807) is 12.1 Å². The summed E-state index contributed by atoms with van der Waals surface area (Å²) in [5, 5.41) is 10.6. The number of para-hydroxylation sites is 2. The van der Waals surface area contributed by atoms with Gasteiger partial charge in [-0.3, -0.25) is 4.79 Å². The fourth-order valence-corrected chi connectivity index (χ4v) is 1.70. The number of benzene rings is 1. The second kappa shape index (κ2) is 5.99. The molecule has 0 aliphatic carbocycles. The van der Waals surface area contributed by atoms with Gasteiger partial charge in [-0.1, -0.05) is 12.1 Å². The van der Waals surface area contributed by atoms with Crippen molar-refractivity contribution in [2.75, 3.05) is 6.54 Å². The number of amides is 1. The van der Waals surface area contributed by atoms with E-state index in [4.69, 9.17) is 9.52 Å². The van der Waals surface area contributed by atoms with Crippen LogP contribution in [0.25, 0.3) is 11.1 Å². The van der Waals surface area contributed by atoms with Gasteiger partial charge in [0.1, 0.15) is 5.52 Å². The van der Waals surface area contributed by atoms with Crippen molar-refractivity contribution in [2.24, 2.45) is 0 Å². The first kappa shape index (κ1) is 13.1. The van der Waals surface area contributed by atoms with Crippen LogP contribution in [0.15, 0.2) is 28.7 Å². The molecule has 19 heavy (non-hydrogen) atoms. The van der Waals surface area contributed by atoms with E-state index in [0.717, 1.165) is 0 Å². The van der Waals surface area contributed by atoms with Crippen LogP contribution in [0.3, 0.4) is 0 Å². The van der Waals surface area contributed by atoms with Gasteiger partial charge in [-0.15, -0.1) is 0 Å². The van der Waals surface area contributed by atoms with Gasteiger partial charge < -0.3 is 14.8 Å². The van der Waals surface area contributed by atoms with Gasteiger partial charge in [-0.05, 0) is 25.0 Å². The summed E-state index contributed by atoms with van der Waals surface area (Å²) in [5.74, 6) is -0.0427. The van der Waals surface area contributed by atoms with E-state index in [9.17, 15) is 9.59 Å². The summed E-state index contributed by atoms with van der Waals surface area (Å²) in [5.41, 5.74) is 1.26. The number of hydrogen-bond donors (Lipinski definition) is 2. The normalized spacial score (nSPS) is 10.5. The number of aromatic nitrogens is 1. The SMILES string of the molecule is O=C(O)NCCCCC(=O)c1nc2ccccc2o1. The highest BCUT2D eigenvalue weighted by Gasteiger charge is 2.13. The lowest BCUT2D eigenvalue weighted by molar-refractivity contribution is 0.0948. The van der Waals surface area contributed by atoms with Crippen LogP contribution >= 0.6 is 0 Å². The number of nitrogens with one attached hydrogen (secondary N) is 1. The number of Topliss-reactive ketones (excluding diaryl/α,β-unsaturated/α-hetero) is 1. The molecule has 0 radical (unpaired) electrons. The predicted molar refractivity (Wildman–Crippen MR) is 68.2 cm³/mol. The number of hydrogen-bond acceptors (Lipinski definition) is 4. The number of ketones is 1.